The van der Waals surface area contributed by atoms with Crippen molar-refractivity contribution in [1.82, 2.24) is 10.2 Å². The fourth-order valence-electron chi connectivity index (χ4n) is 2.59. The van der Waals surface area contributed by atoms with Crippen LogP contribution in [0, 0.1) is 5.92 Å². The van der Waals surface area contributed by atoms with Crippen LogP contribution in [0.1, 0.15) is 46.5 Å². The van der Waals surface area contributed by atoms with Gasteiger partial charge in [0.1, 0.15) is 0 Å². The minimum absolute atomic E-state index is 0.0292. The number of nitrogens with one attached hydrogen (secondary N) is 1. The SMILES string of the molecule is CC1C(NC(=O)CCCC(=O)O)CCN(C)C1(C)C. The lowest BCUT2D eigenvalue weighted by molar-refractivity contribution is -0.137. The first-order valence-corrected chi connectivity index (χ1v) is 6.97. The molecule has 0 bridgehead atoms. The van der Waals surface area contributed by atoms with E-state index in [1.54, 1.807) is 0 Å². The zero-order chi connectivity index (χ0) is 14.6. The summed E-state index contributed by atoms with van der Waals surface area (Å²) in [5, 5.41) is 11.6. The molecule has 0 aromatic heterocycles. The van der Waals surface area contributed by atoms with E-state index in [2.05, 4.69) is 38.0 Å². The van der Waals surface area contributed by atoms with Crippen LogP contribution in [0.3, 0.4) is 0 Å². The Morgan fingerprint density at radius 2 is 2.00 bits per heavy atom. The number of amides is 1. The molecule has 2 unspecified atom stereocenters. The average molecular weight is 270 g/mol. The van der Waals surface area contributed by atoms with Crippen LogP contribution in [0.2, 0.25) is 0 Å². The van der Waals surface area contributed by atoms with Crippen LogP contribution in [0.15, 0.2) is 0 Å². The molecule has 0 aromatic rings. The van der Waals surface area contributed by atoms with Gasteiger partial charge in [0.05, 0.1) is 0 Å². The molecule has 19 heavy (non-hydrogen) atoms. The summed E-state index contributed by atoms with van der Waals surface area (Å²) in [6.45, 7) is 7.52. The highest BCUT2D eigenvalue weighted by atomic mass is 16.4. The lowest BCUT2D eigenvalue weighted by Crippen LogP contribution is -2.59. The van der Waals surface area contributed by atoms with Crippen LogP contribution < -0.4 is 5.32 Å². The molecule has 110 valence electrons. The Labute approximate surface area is 115 Å². The summed E-state index contributed by atoms with van der Waals surface area (Å²) in [5.74, 6) is -0.505. The van der Waals surface area contributed by atoms with E-state index in [1.807, 2.05) is 0 Å². The highest BCUT2D eigenvalue weighted by Gasteiger charge is 2.39. The van der Waals surface area contributed by atoms with Crippen LogP contribution >= 0.6 is 0 Å². The van der Waals surface area contributed by atoms with Crippen LogP contribution in [-0.4, -0.2) is 47.1 Å². The van der Waals surface area contributed by atoms with Gasteiger partial charge in [-0.2, -0.15) is 0 Å². The van der Waals surface area contributed by atoms with Gasteiger partial charge >= 0.3 is 5.97 Å². The van der Waals surface area contributed by atoms with E-state index in [1.165, 1.54) is 0 Å². The molecule has 0 spiro atoms. The van der Waals surface area contributed by atoms with Crippen molar-refractivity contribution in [1.29, 1.82) is 0 Å². The minimum Gasteiger partial charge on any atom is -0.481 e. The van der Waals surface area contributed by atoms with Gasteiger partial charge in [-0.3, -0.25) is 9.59 Å². The number of likely N-dealkylation sites (tertiary alicyclic amines) is 1. The zero-order valence-electron chi connectivity index (χ0n) is 12.4. The second-order valence-corrected chi connectivity index (χ2v) is 6.07. The molecule has 5 heteroatoms. The Morgan fingerprint density at radius 1 is 1.37 bits per heavy atom. The number of carbonyl (C=O) groups excluding carboxylic acids is 1. The van der Waals surface area contributed by atoms with E-state index in [9.17, 15) is 9.59 Å². The van der Waals surface area contributed by atoms with Gasteiger partial charge in [0, 0.05) is 31.0 Å². The fourth-order valence-corrected chi connectivity index (χ4v) is 2.59. The lowest BCUT2D eigenvalue weighted by Gasteiger charge is -2.49. The van der Waals surface area contributed by atoms with E-state index in [0.717, 1.165) is 13.0 Å². The normalized spacial score (nSPS) is 26.9. The third-order valence-electron chi connectivity index (χ3n) is 4.62. The van der Waals surface area contributed by atoms with Gasteiger partial charge in [0.15, 0.2) is 0 Å². The highest BCUT2D eigenvalue weighted by Crippen LogP contribution is 2.31. The molecule has 0 radical (unpaired) electrons. The van der Waals surface area contributed by atoms with Crippen molar-refractivity contribution >= 4 is 11.9 Å². The first kappa shape index (κ1) is 16.0. The molecule has 1 rings (SSSR count). The van der Waals surface area contributed by atoms with Gasteiger partial charge in [-0.05, 0) is 39.7 Å². The molecule has 0 saturated carbocycles. The molecular formula is C14H26N2O3. The summed E-state index contributed by atoms with van der Waals surface area (Å²) in [4.78, 5) is 24.5. The summed E-state index contributed by atoms with van der Waals surface area (Å²) < 4.78 is 0. The molecule has 1 aliphatic heterocycles. The van der Waals surface area contributed by atoms with Crippen molar-refractivity contribution in [2.45, 2.75) is 58.0 Å². The highest BCUT2D eigenvalue weighted by molar-refractivity contribution is 5.77. The molecule has 1 aliphatic rings. The van der Waals surface area contributed by atoms with E-state index in [-0.39, 0.29) is 23.9 Å². The Morgan fingerprint density at radius 3 is 2.58 bits per heavy atom. The van der Waals surface area contributed by atoms with Crippen LogP contribution in [0.25, 0.3) is 0 Å². The van der Waals surface area contributed by atoms with Crippen molar-refractivity contribution in [2.24, 2.45) is 5.92 Å². The number of nitrogens with zero attached hydrogens (tertiary/aromatic N) is 1. The summed E-state index contributed by atoms with van der Waals surface area (Å²) in [6.07, 6.45) is 1.71. The molecule has 5 nitrogen and oxygen atoms in total. The molecular weight excluding hydrogens is 244 g/mol. The van der Waals surface area contributed by atoms with E-state index >= 15 is 0 Å². The minimum atomic E-state index is -0.846. The molecule has 0 aliphatic carbocycles. The van der Waals surface area contributed by atoms with Crippen molar-refractivity contribution < 1.29 is 14.7 Å². The maximum Gasteiger partial charge on any atom is 0.303 e. The second kappa shape index (κ2) is 6.37. The first-order chi connectivity index (χ1) is 8.75. The second-order valence-electron chi connectivity index (χ2n) is 6.07. The molecule has 1 saturated heterocycles. The van der Waals surface area contributed by atoms with Crippen molar-refractivity contribution in [3.8, 4) is 0 Å². The third-order valence-corrected chi connectivity index (χ3v) is 4.62. The Kier molecular flexibility index (Phi) is 5.35. The summed E-state index contributed by atoms with van der Waals surface area (Å²) >= 11 is 0. The topological polar surface area (TPSA) is 69.6 Å². The van der Waals surface area contributed by atoms with Gasteiger partial charge < -0.3 is 15.3 Å². The van der Waals surface area contributed by atoms with Gasteiger partial charge in [-0.15, -0.1) is 0 Å². The Balaban J connectivity index is 2.44. The van der Waals surface area contributed by atoms with Crippen LogP contribution in [0.4, 0.5) is 0 Å². The number of piperidine rings is 1. The van der Waals surface area contributed by atoms with Gasteiger partial charge in [0.25, 0.3) is 0 Å². The quantitative estimate of drug-likeness (QED) is 0.794. The predicted octanol–water partition coefficient (Wildman–Crippen LogP) is 1.48. The molecule has 1 fully saturated rings. The Hall–Kier alpha value is -1.10. The predicted molar refractivity (Wildman–Crippen MR) is 73.9 cm³/mol. The maximum atomic E-state index is 11.8. The van der Waals surface area contributed by atoms with E-state index in [0.29, 0.717) is 18.8 Å². The Bertz CT molecular complexity index is 342. The summed E-state index contributed by atoms with van der Waals surface area (Å²) in [5.41, 5.74) is 0.0667. The molecule has 1 heterocycles. The average Bonchev–Trinajstić information content (AvgIpc) is 2.30. The van der Waals surface area contributed by atoms with E-state index < -0.39 is 5.97 Å². The van der Waals surface area contributed by atoms with Gasteiger partial charge in [-0.1, -0.05) is 6.92 Å². The van der Waals surface area contributed by atoms with Crippen molar-refractivity contribution in [3.63, 3.8) is 0 Å². The molecule has 2 N–H and O–H groups in total. The number of carboxylic acid groups (broad SMARTS) is 1. The van der Waals surface area contributed by atoms with Crippen LogP contribution in [0.5, 0.6) is 0 Å². The smallest absolute Gasteiger partial charge is 0.303 e. The first-order valence-electron chi connectivity index (χ1n) is 6.97. The molecule has 1 amide bonds. The van der Waals surface area contributed by atoms with Crippen molar-refractivity contribution in [2.75, 3.05) is 13.6 Å². The number of aliphatic carboxylic acids is 1. The van der Waals surface area contributed by atoms with Gasteiger partial charge in [0.2, 0.25) is 5.91 Å². The monoisotopic (exact) mass is 270 g/mol. The van der Waals surface area contributed by atoms with E-state index in [4.69, 9.17) is 5.11 Å². The summed E-state index contributed by atoms with van der Waals surface area (Å²) in [6, 6.07) is 0.184. The standard InChI is InChI=1S/C14H26N2O3/c1-10-11(8-9-16(4)14(10,2)3)15-12(17)6-5-7-13(18)19/h10-11H,5-9H2,1-4H3,(H,15,17)(H,18,19). The number of rotatable bonds is 5. The largest absolute Gasteiger partial charge is 0.481 e. The number of hydrogen-bond donors (Lipinski definition) is 2. The maximum absolute atomic E-state index is 11.8. The zero-order valence-corrected chi connectivity index (χ0v) is 12.4. The molecule has 2 atom stereocenters. The lowest BCUT2D eigenvalue weighted by atomic mass is 9.77. The third kappa shape index (κ3) is 4.20. The molecule has 0 aromatic carbocycles. The fraction of sp³-hybridized carbons (Fsp3) is 0.857. The van der Waals surface area contributed by atoms with Crippen molar-refractivity contribution in [3.05, 3.63) is 0 Å². The van der Waals surface area contributed by atoms with Gasteiger partial charge in [-0.25, -0.2) is 0 Å². The van der Waals surface area contributed by atoms with Crippen LogP contribution in [-0.2, 0) is 9.59 Å². The number of carbonyl (C=O) groups is 2. The number of hydrogen-bond acceptors (Lipinski definition) is 3. The number of carboxylic acids is 1. The summed E-state index contributed by atoms with van der Waals surface area (Å²) in [7, 11) is 2.11.